The molecule has 0 unspecified atom stereocenters. The molecule has 3 heterocycles. The second kappa shape index (κ2) is 7.61. The van der Waals surface area contributed by atoms with Gasteiger partial charge >= 0.3 is 0 Å². The van der Waals surface area contributed by atoms with Crippen molar-refractivity contribution in [3.05, 3.63) is 40.9 Å². The molecule has 2 atom stereocenters. The van der Waals surface area contributed by atoms with Gasteiger partial charge < -0.3 is 9.64 Å². The van der Waals surface area contributed by atoms with Gasteiger partial charge in [-0.1, -0.05) is 0 Å². The van der Waals surface area contributed by atoms with Gasteiger partial charge in [0, 0.05) is 37.3 Å². The van der Waals surface area contributed by atoms with Crippen LogP contribution in [0.15, 0.2) is 24.4 Å². The van der Waals surface area contributed by atoms with Crippen molar-refractivity contribution in [2.24, 2.45) is 0 Å². The van der Waals surface area contributed by atoms with Gasteiger partial charge in [0.15, 0.2) is 11.6 Å². The van der Waals surface area contributed by atoms with Crippen LogP contribution in [-0.4, -0.2) is 65.6 Å². The summed E-state index contributed by atoms with van der Waals surface area (Å²) in [5.41, 5.74) is 0.471. The van der Waals surface area contributed by atoms with Gasteiger partial charge in [-0.3, -0.25) is 9.69 Å². The highest BCUT2D eigenvalue weighted by Gasteiger charge is 2.38. The molecule has 4 rings (SSSR count). The number of rotatable bonds is 3. The van der Waals surface area contributed by atoms with Crippen LogP contribution in [0.25, 0.3) is 10.6 Å². The van der Waals surface area contributed by atoms with E-state index >= 15 is 0 Å². The number of hydrogen-bond acceptors (Lipinski definition) is 5. The molecular formula is C19H21F2N3O2S. The molecule has 5 nitrogen and oxygen atoms in total. The Bertz CT molecular complexity index is 838. The van der Waals surface area contributed by atoms with Gasteiger partial charge in [0.2, 0.25) is 0 Å². The molecule has 27 heavy (non-hydrogen) atoms. The molecule has 2 saturated heterocycles. The van der Waals surface area contributed by atoms with Gasteiger partial charge in [0.1, 0.15) is 9.88 Å². The number of benzene rings is 1. The molecule has 2 aliphatic rings. The van der Waals surface area contributed by atoms with E-state index in [-0.39, 0.29) is 11.9 Å². The van der Waals surface area contributed by atoms with Crippen LogP contribution in [0.2, 0.25) is 0 Å². The van der Waals surface area contributed by atoms with E-state index in [9.17, 15) is 13.6 Å². The first-order valence-corrected chi connectivity index (χ1v) is 9.90. The Morgan fingerprint density at radius 1 is 1.22 bits per heavy atom. The molecule has 0 spiro atoms. The number of ether oxygens (including phenoxy) is 1. The van der Waals surface area contributed by atoms with E-state index in [2.05, 4.69) is 16.8 Å². The smallest absolute Gasteiger partial charge is 0.265 e. The SMILES string of the molecule is C[C@@H]1[C@H](N2CCOCC2)CCN1C(=O)c1cnc(-c2ccc(F)c(F)c2)s1. The fraction of sp³-hybridized carbons (Fsp3) is 0.474. The number of carbonyl (C=O) groups excluding carboxylic acids is 1. The maximum Gasteiger partial charge on any atom is 0.265 e. The molecule has 2 aromatic rings. The van der Waals surface area contributed by atoms with Gasteiger partial charge in [0.05, 0.1) is 19.4 Å². The zero-order valence-electron chi connectivity index (χ0n) is 15.0. The van der Waals surface area contributed by atoms with Crippen molar-refractivity contribution in [3.8, 4) is 10.6 Å². The summed E-state index contributed by atoms with van der Waals surface area (Å²) in [4.78, 5) is 22.0. The molecule has 1 aromatic carbocycles. The Balaban J connectivity index is 1.48. The van der Waals surface area contributed by atoms with E-state index in [1.165, 1.54) is 23.6 Å². The average Bonchev–Trinajstić information content (AvgIpc) is 3.31. The number of likely N-dealkylation sites (tertiary alicyclic amines) is 1. The van der Waals surface area contributed by atoms with E-state index in [0.717, 1.165) is 44.9 Å². The van der Waals surface area contributed by atoms with Crippen molar-refractivity contribution in [2.75, 3.05) is 32.8 Å². The van der Waals surface area contributed by atoms with Crippen LogP contribution in [0.3, 0.4) is 0 Å². The normalized spacial score (nSPS) is 23.7. The van der Waals surface area contributed by atoms with Crippen LogP contribution in [0.4, 0.5) is 8.78 Å². The van der Waals surface area contributed by atoms with E-state index in [0.29, 0.717) is 28.0 Å². The third-order valence-electron chi connectivity index (χ3n) is 5.37. The van der Waals surface area contributed by atoms with Crippen LogP contribution in [0, 0.1) is 11.6 Å². The molecule has 2 aliphatic heterocycles. The topological polar surface area (TPSA) is 45.7 Å². The zero-order chi connectivity index (χ0) is 19.0. The van der Waals surface area contributed by atoms with Gasteiger partial charge in [-0.15, -0.1) is 11.3 Å². The second-order valence-corrected chi connectivity index (χ2v) is 7.93. The fourth-order valence-electron chi connectivity index (χ4n) is 3.88. The quantitative estimate of drug-likeness (QED) is 0.804. The lowest BCUT2D eigenvalue weighted by atomic mass is 10.1. The minimum absolute atomic E-state index is 0.0513. The Labute approximate surface area is 160 Å². The lowest BCUT2D eigenvalue weighted by Crippen LogP contribution is -2.49. The van der Waals surface area contributed by atoms with Crippen LogP contribution in [0.1, 0.15) is 23.0 Å². The number of nitrogens with zero attached hydrogens (tertiary/aromatic N) is 3. The maximum atomic E-state index is 13.5. The van der Waals surface area contributed by atoms with Crippen LogP contribution in [0.5, 0.6) is 0 Å². The van der Waals surface area contributed by atoms with Crippen LogP contribution >= 0.6 is 11.3 Å². The molecule has 144 valence electrons. The molecule has 0 bridgehead atoms. The Morgan fingerprint density at radius 2 is 2.00 bits per heavy atom. The van der Waals surface area contributed by atoms with E-state index in [1.807, 2.05) is 4.90 Å². The molecule has 1 amide bonds. The summed E-state index contributed by atoms with van der Waals surface area (Å²) in [6.07, 6.45) is 2.47. The predicted octanol–water partition coefficient (Wildman–Crippen LogP) is 3.02. The summed E-state index contributed by atoms with van der Waals surface area (Å²) in [6, 6.07) is 4.11. The van der Waals surface area contributed by atoms with Gasteiger partial charge in [-0.2, -0.15) is 0 Å². The first-order chi connectivity index (χ1) is 13.0. The highest BCUT2D eigenvalue weighted by Crippen LogP contribution is 2.30. The molecule has 0 aliphatic carbocycles. The monoisotopic (exact) mass is 393 g/mol. The van der Waals surface area contributed by atoms with E-state index < -0.39 is 11.6 Å². The first-order valence-electron chi connectivity index (χ1n) is 9.08. The number of halogens is 2. The van der Waals surface area contributed by atoms with Crippen molar-refractivity contribution in [1.29, 1.82) is 0 Å². The van der Waals surface area contributed by atoms with Crippen LogP contribution < -0.4 is 0 Å². The lowest BCUT2D eigenvalue weighted by molar-refractivity contribution is 0.0105. The molecule has 1 aromatic heterocycles. The Kier molecular flexibility index (Phi) is 5.21. The molecular weight excluding hydrogens is 372 g/mol. The molecule has 2 fully saturated rings. The average molecular weight is 393 g/mol. The van der Waals surface area contributed by atoms with Gasteiger partial charge in [-0.25, -0.2) is 13.8 Å². The maximum absolute atomic E-state index is 13.5. The number of hydrogen-bond donors (Lipinski definition) is 0. The van der Waals surface area contributed by atoms with Crippen molar-refractivity contribution in [1.82, 2.24) is 14.8 Å². The van der Waals surface area contributed by atoms with Crippen LogP contribution in [-0.2, 0) is 4.74 Å². The van der Waals surface area contributed by atoms with E-state index in [1.54, 1.807) is 0 Å². The summed E-state index contributed by atoms with van der Waals surface area (Å²) in [5.74, 6) is -1.87. The number of carbonyl (C=O) groups is 1. The standard InChI is InChI=1S/C19H21F2N3O2S/c1-12-16(23-6-8-26-9-7-23)4-5-24(12)19(25)17-11-22-18(27-17)13-2-3-14(20)15(21)10-13/h2-3,10-12,16H,4-9H2,1H3/t12-,16-/m1/s1. The third-order valence-corrected chi connectivity index (χ3v) is 6.41. The lowest BCUT2D eigenvalue weighted by Gasteiger charge is -2.35. The Morgan fingerprint density at radius 3 is 2.74 bits per heavy atom. The van der Waals surface area contributed by atoms with Crippen molar-refractivity contribution >= 4 is 17.2 Å². The summed E-state index contributed by atoms with van der Waals surface area (Å²) in [6.45, 7) is 6.08. The molecule has 0 radical (unpaired) electrons. The number of amides is 1. The highest BCUT2D eigenvalue weighted by molar-refractivity contribution is 7.16. The molecule has 0 saturated carbocycles. The predicted molar refractivity (Wildman–Crippen MR) is 98.8 cm³/mol. The number of thiazole rings is 1. The largest absolute Gasteiger partial charge is 0.379 e. The fourth-order valence-corrected chi connectivity index (χ4v) is 4.75. The minimum Gasteiger partial charge on any atom is -0.379 e. The zero-order valence-corrected chi connectivity index (χ0v) is 15.8. The van der Waals surface area contributed by atoms with Crippen molar-refractivity contribution < 1.29 is 18.3 Å². The highest BCUT2D eigenvalue weighted by atomic mass is 32.1. The number of morpholine rings is 1. The van der Waals surface area contributed by atoms with Crippen molar-refractivity contribution in [3.63, 3.8) is 0 Å². The molecule has 8 heteroatoms. The number of aromatic nitrogens is 1. The second-order valence-electron chi connectivity index (χ2n) is 6.90. The Hall–Kier alpha value is -1.90. The first kappa shape index (κ1) is 18.5. The van der Waals surface area contributed by atoms with Crippen molar-refractivity contribution in [2.45, 2.75) is 25.4 Å². The van der Waals surface area contributed by atoms with E-state index in [4.69, 9.17) is 4.74 Å². The summed E-state index contributed by atoms with van der Waals surface area (Å²) >= 11 is 1.21. The summed E-state index contributed by atoms with van der Waals surface area (Å²) in [7, 11) is 0. The van der Waals surface area contributed by atoms with Gasteiger partial charge in [0.25, 0.3) is 5.91 Å². The summed E-state index contributed by atoms with van der Waals surface area (Å²) < 4.78 is 32.0. The summed E-state index contributed by atoms with van der Waals surface area (Å²) in [5, 5.41) is 0.508. The third kappa shape index (κ3) is 3.61. The minimum atomic E-state index is -0.919. The van der Waals surface area contributed by atoms with Gasteiger partial charge in [-0.05, 0) is 31.5 Å². The molecule has 0 N–H and O–H groups in total.